The van der Waals surface area contributed by atoms with Crippen LogP contribution in [0, 0.1) is 23.7 Å². The van der Waals surface area contributed by atoms with Gasteiger partial charge in [-0.25, -0.2) is 15.3 Å². The van der Waals surface area contributed by atoms with Crippen LogP contribution in [0.15, 0.2) is 24.3 Å². The Balaban J connectivity index is 0.990. The van der Waals surface area contributed by atoms with Crippen LogP contribution in [0.1, 0.15) is 6.42 Å². The summed E-state index contributed by atoms with van der Waals surface area (Å²) in [5.41, 5.74) is 0. The first-order valence-electron chi connectivity index (χ1n) is 14.8. The normalized spacial score (nSPS) is 34.1. The van der Waals surface area contributed by atoms with E-state index in [1.54, 1.807) is 0 Å². The molecule has 0 spiro atoms. The van der Waals surface area contributed by atoms with Gasteiger partial charge in [-0.05, 0) is 0 Å². The molecule has 0 radical (unpaired) electrons. The third-order valence-corrected chi connectivity index (χ3v) is 10.8. The molecule has 17 heteroatoms. The zero-order valence-electron chi connectivity index (χ0n) is 23.9. The Kier molecular flexibility index (Phi) is 9.13. The molecular formula is C27H36N5O11P. The Bertz CT molecular complexity index is 1170. The summed E-state index contributed by atoms with van der Waals surface area (Å²) in [5.74, 6) is -4.31. The van der Waals surface area contributed by atoms with Gasteiger partial charge in [0.1, 0.15) is 0 Å². The van der Waals surface area contributed by atoms with E-state index in [1.165, 1.54) is 9.80 Å². The van der Waals surface area contributed by atoms with Crippen LogP contribution in [-0.4, -0.2) is 128 Å². The average molecular weight is 638 g/mol. The fourth-order valence-corrected chi connectivity index (χ4v) is 8.31. The number of rotatable bonds is 18. The zero-order chi connectivity index (χ0) is 31.0. The maximum atomic E-state index is 13.8. The van der Waals surface area contributed by atoms with Gasteiger partial charge < -0.3 is 24.1 Å². The molecular weight excluding hydrogens is 601 g/mol. The predicted octanol–water partition coefficient (Wildman–Crippen LogP) is -1.75. The number of likely N-dealkylation sites (tertiary alicyclic amines) is 2. The van der Waals surface area contributed by atoms with E-state index < -0.39 is 61.7 Å². The second-order valence-electron chi connectivity index (χ2n) is 11.4. The molecule has 0 aliphatic carbocycles. The highest BCUT2D eigenvalue weighted by Crippen LogP contribution is 2.46. The van der Waals surface area contributed by atoms with Crippen molar-refractivity contribution in [1.29, 1.82) is 0 Å². The second kappa shape index (κ2) is 12.9. The third kappa shape index (κ3) is 5.93. The summed E-state index contributed by atoms with van der Waals surface area (Å²) < 4.78 is 35.8. The number of carbonyl (C=O) groups is 5. The van der Waals surface area contributed by atoms with Crippen LogP contribution in [-0.2, 0) is 47.5 Å². The SMILES string of the molecule is O=C(O)CCOCCOCCNP(=O)(NCCN1C(=O)C2C3C=CC(O3)C2C1=O)NCCN1C(=O)C2C3C=CC(O3)C2C1=O. The largest absolute Gasteiger partial charge is 0.481 e. The second-order valence-corrected chi connectivity index (χ2v) is 13.5. The number of carboxylic acid groups (broad SMARTS) is 1. The van der Waals surface area contributed by atoms with Crippen LogP contribution >= 0.6 is 7.59 Å². The minimum atomic E-state index is -3.56. The van der Waals surface area contributed by atoms with Gasteiger partial charge in [0.05, 0.1) is 80.9 Å². The lowest BCUT2D eigenvalue weighted by molar-refractivity contribution is -0.143. The van der Waals surface area contributed by atoms with E-state index in [2.05, 4.69) is 15.3 Å². The molecule has 8 unspecified atom stereocenters. The molecule has 4 fully saturated rings. The molecule has 16 nitrogen and oxygen atoms in total. The minimum Gasteiger partial charge on any atom is -0.481 e. The lowest BCUT2D eigenvalue weighted by atomic mass is 9.85. The molecule has 4 amide bonds. The van der Waals surface area contributed by atoms with Crippen LogP contribution in [0.3, 0.4) is 0 Å². The quantitative estimate of drug-likeness (QED) is 0.0570. The smallest absolute Gasteiger partial charge is 0.305 e. The van der Waals surface area contributed by atoms with E-state index in [0.717, 1.165) is 0 Å². The van der Waals surface area contributed by atoms with Crippen LogP contribution in [0.5, 0.6) is 0 Å². The highest BCUT2D eigenvalue weighted by molar-refractivity contribution is 7.57. The molecule has 6 rings (SSSR count). The van der Waals surface area contributed by atoms with Gasteiger partial charge in [-0.1, -0.05) is 24.3 Å². The first kappa shape index (κ1) is 31.2. The number of ether oxygens (including phenoxy) is 4. The number of amides is 4. The van der Waals surface area contributed by atoms with Crippen LogP contribution < -0.4 is 15.3 Å². The monoisotopic (exact) mass is 637 g/mol. The number of carboxylic acids is 1. The van der Waals surface area contributed by atoms with Crippen molar-refractivity contribution >= 4 is 37.2 Å². The van der Waals surface area contributed by atoms with E-state index in [4.69, 9.17) is 24.1 Å². The van der Waals surface area contributed by atoms with Crippen LogP contribution in [0.4, 0.5) is 0 Å². The lowest BCUT2D eigenvalue weighted by Crippen LogP contribution is -2.43. The summed E-state index contributed by atoms with van der Waals surface area (Å²) in [5, 5.41) is 17.3. The molecule has 6 aliphatic heterocycles. The Morgan fingerprint density at radius 1 is 0.682 bits per heavy atom. The van der Waals surface area contributed by atoms with E-state index in [0.29, 0.717) is 0 Å². The fourth-order valence-electron chi connectivity index (χ4n) is 6.73. The standard InChI is InChI=1S/C27H36N5O11P/c33-19(34)5-11-40-13-14-41-12-8-30-44(39,28-6-9-31-24(35)20-15-1-2-16(42-15)21(20)25(31)36)29-7-10-32-26(37)22-17-3-4-18(43-17)23(22)27(32)38/h1-4,15-18,20-23H,5-14H2,(H,33,34)(H3,28,29,30,39). The first-order valence-corrected chi connectivity index (χ1v) is 16.5. The van der Waals surface area contributed by atoms with Crippen molar-refractivity contribution in [3.8, 4) is 0 Å². The zero-order valence-corrected chi connectivity index (χ0v) is 24.8. The van der Waals surface area contributed by atoms with Crippen molar-refractivity contribution in [2.24, 2.45) is 23.7 Å². The number of imide groups is 2. The number of fused-ring (bicyclic) bond motifs is 10. The molecule has 4 bridgehead atoms. The topological polar surface area (TPSA) is 202 Å². The molecule has 6 aliphatic rings. The maximum Gasteiger partial charge on any atom is 0.305 e. The van der Waals surface area contributed by atoms with Gasteiger partial charge in [0.15, 0.2) is 0 Å². The van der Waals surface area contributed by atoms with Crippen LogP contribution in [0.25, 0.3) is 0 Å². The third-order valence-electron chi connectivity index (χ3n) is 8.76. The van der Waals surface area contributed by atoms with Gasteiger partial charge in [-0.3, -0.25) is 38.3 Å². The van der Waals surface area contributed by atoms with E-state index in [-0.39, 0.29) is 89.2 Å². The maximum absolute atomic E-state index is 13.8. The predicted molar refractivity (Wildman–Crippen MR) is 149 cm³/mol. The van der Waals surface area contributed by atoms with E-state index in [9.17, 15) is 28.5 Å². The molecule has 8 atom stereocenters. The lowest BCUT2D eigenvalue weighted by Gasteiger charge is -2.25. The van der Waals surface area contributed by atoms with Crippen LogP contribution in [0.2, 0.25) is 0 Å². The van der Waals surface area contributed by atoms with Crippen molar-refractivity contribution in [1.82, 2.24) is 25.1 Å². The summed E-state index contributed by atoms with van der Waals surface area (Å²) in [4.78, 5) is 64.7. The highest BCUT2D eigenvalue weighted by Gasteiger charge is 2.61. The Labute approximate surface area is 252 Å². The summed E-state index contributed by atoms with van der Waals surface area (Å²) in [6.45, 7) is 0.823. The number of hydrogen-bond acceptors (Lipinski definition) is 10. The summed E-state index contributed by atoms with van der Waals surface area (Å²) in [7, 11) is -3.56. The van der Waals surface area contributed by atoms with Crippen molar-refractivity contribution < 1.29 is 52.6 Å². The van der Waals surface area contributed by atoms with Crippen molar-refractivity contribution in [2.45, 2.75) is 30.8 Å². The van der Waals surface area contributed by atoms with E-state index >= 15 is 0 Å². The molecule has 0 saturated carbocycles. The van der Waals surface area contributed by atoms with Gasteiger partial charge in [0.2, 0.25) is 23.6 Å². The molecule has 0 aromatic rings. The number of aliphatic carboxylic acids is 1. The fraction of sp³-hybridized carbons (Fsp3) is 0.667. The summed E-state index contributed by atoms with van der Waals surface area (Å²) >= 11 is 0. The van der Waals surface area contributed by atoms with Gasteiger partial charge >= 0.3 is 5.97 Å². The molecule has 6 heterocycles. The highest BCUT2D eigenvalue weighted by atomic mass is 31.2. The summed E-state index contributed by atoms with van der Waals surface area (Å²) in [6.07, 6.45) is 5.53. The molecule has 4 N–H and O–H groups in total. The molecule has 0 aromatic heterocycles. The van der Waals surface area contributed by atoms with Gasteiger partial charge in [0, 0.05) is 32.7 Å². The van der Waals surface area contributed by atoms with Gasteiger partial charge in [0.25, 0.3) is 7.59 Å². The Morgan fingerprint density at radius 2 is 1.07 bits per heavy atom. The first-order chi connectivity index (χ1) is 21.2. The van der Waals surface area contributed by atoms with E-state index in [1.807, 2.05) is 24.3 Å². The van der Waals surface area contributed by atoms with Crippen molar-refractivity contribution in [3.63, 3.8) is 0 Å². The molecule has 44 heavy (non-hydrogen) atoms. The number of nitrogens with one attached hydrogen (secondary N) is 3. The number of nitrogens with zero attached hydrogens (tertiary/aromatic N) is 2. The van der Waals surface area contributed by atoms with Crippen molar-refractivity contribution in [3.05, 3.63) is 24.3 Å². The molecule has 4 saturated heterocycles. The average Bonchev–Trinajstić information content (AvgIpc) is 3.84. The van der Waals surface area contributed by atoms with Crippen molar-refractivity contribution in [2.75, 3.05) is 59.2 Å². The molecule has 0 aromatic carbocycles. The Morgan fingerprint density at radius 3 is 1.48 bits per heavy atom. The van der Waals surface area contributed by atoms with Gasteiger partial charge in [-0.15, -0.1) is 0 Å². The number of hydrogen-bond donors (Lipinski definition) is 4. The summed E-state index contributed by atoms with van der Waals surface area (Å²) in [6, 6.07) is 0. The Hall–Kier alpha value is -2.82. The minimum absolute atomic E-state index is 0.00384. The van der Waals surface area contributed by atoms with Gasteiger partial charge in [-0.2, -0.15) is 0 Å². The number of carbonyl (C=O) groups excluding carboxylic acids is 4. The molecule has 240 valence electrons.